The summed E-state index contributed by atoms with van der Waals surface area (Å²) in [6.45, 7) is 6.78. The van der Waals surface area contributed by atoms with E-state index in [0.29, 0.717) is 11.8 Å². The van der Waals surface area contributed by atoms with Crippen molar-refractivity contribution in [1.82, 2.24) is 14.7 Å². The Labute approximate surface area is 192 Å². The molecule has 0 aliphatic heterocycles. The zero-order valence-corrected chi connectivity index (χ0v) is 18.4. The Morgan fingerprint density at radius 3 is 2.65 bits per heavy atom. The first kappa shape index (κ1) is 24.3. The highest BCUT2D eigenvalue weighted by atomic mass is 19.4. The molecule has 0 saturated heterocycles. The molecule has 2 aromatic heterocycles. The van der Waals surface area contributed by atoms with Gasteiger partial charge in [-0.25, -0.2) is 9.98 Å². The number of methoxy groups -OCH3 is 1. The number of nitrogens with one attached hydrogen (secondary N) is 2. The molecule has 3 aromatic rings. The number of rotatable bonds is 6. The first-order valence-corrected chi connectivity index (χ1v) is 9.78. The monoisotopic (exact) mass is 474 g/mol. The second-order valence-corrected chi connectivity index (χ2v) is 7.14. The molecular weight excluding hydrogens is 453 g/mol. The number of alkyl halides is 3. The maximum atomic E-state index is 13.7. The van der Waals surface area contributed by atoms with Crippen LogP contribution in [0.1, 0.15) is 16.7 Å². The molecule has 9 nitrogen and oxygen atoms in total. The van der Waals surface area contributed by atoms with Gasteiger partial charge in [0.1, 0.15) is 11.4 Å². The van der Waals surface area contributed by atoms with Crippen molar-refractivity contribution in [2.45, 2.75) is 20.0 Å². The molecule has 3 N–H and O–H groups in total. The Morgan fingerprint density at radius 1 is 1.26 bits per heavy atom. The quantitative estimate of drug-likeness (QED) is 0.363. The molecule has 0 aliphatic carbocycles. The van der Waals surface area contributed by atoms with E-state index in [1.54, 1.807) is 26.0 Å². The smallest absolute Gasteiger partial charge is 0.421 e. The molecule has 1 amide bonds. The van der Waals surface area contributed by atoms with Gasteiger partial charge in [0.05, 0.1) is 30.0 Å². The van der Waals surface area contributed by atoms with Crippen LogP contribution >= 0.6 is 0 Å². The maximum absolute atomic E-state index is 13.7. The molecule has 178 valence electrons. The number of pyridine rings is 1. The van der Waals surface area contributed by atoms with Gasteiger partial charge < -0.3 is 20.6 Å². The first-order chi connectivity index (χ1) is 16.0. The number of anilines is 3. The Kier molecular flexibility index (Phi) is 6.89. The molecule has 0 atom stereocenters. The molecule has 3 rings (SSSR count). The number of halogens is 3. The highest BCUT2D eigenvalue weighted by Gasteiger charge is 2.35. The van der Waals surface area contributed by atoms with Crippen molar-refractivity contribution in [3.05, 3.63) is 71.4 Å². The second-order valence-electron chi connectivity index (χ2n) is 7.14. The number of aromatic nitrogens is 3. The zero-order chi connectivity index (χ0) is 25.0. The number of ether oxygens (including phenoxy) is 1. The van der Waals surface area contributed by atoms with E-state index in [2.05, 4.69) is 32.2 Å². The third-order valence-electron chi connectivity index (χ3n) is 4.59. The molecule has 0 unspecified atom stereocenters. The lowest BCUT2D eigenvalue weighted by atomic mass is 10.1. The van der Waals surface area contributed by atoms with Crippen LogP contribution in [-0.2, 0) is 11.0 Å². The number of carbonyl (C=O) groups excluding carboxylic acids is 1. The number of nitrogens with zero attached hydrogens (tertiary/aromatic N) is 4. The minimum absolute atomic E-state index is 0.0527. The summed E-state index contributed by atoms with van der Waals surface area (Å²) in [5.41, 5.74) is 0.563. The van der Waals surface area contributed by atoms with Crippen molar-refractivity contribution in [2.75, 3.05) is 17.7 Å². The molecule has 1 aromatic carbocycles. The SMILES string of the molecule is C=CC(=O)Nc1cc(C)ccc1Nc1nc(N=c2cc(OC)n(O)cc2C)ncc1C(F)(F)F. The van der Waals surface area contributed by atoms with Crippen LogP contribution in [0, 0.1) is 13.8 Å². The standard InChI is InChI=1S/C22H21F3N6O3/c1-5-18(32)27-17-8-12(2)6-7-15(17)28-20-14(22(23,24)25)10-26-21(30-20)29-16-9-19(34-4)31(33)11-13(16)3/h5-11,33H,1H2,2-4H3,(H,27,32)(H,26,28,30). The maximum Gasteiger partial charge on any atom is 0.421 e. The zero-order valence-electron chi connectivity index (χ0n) is 18.4. The lowest BCUT2D eigenvalue weighted by Gasteiger charge is -2.16. The van der Waals surface area contributed by atoms with E-state index in [0.717, 1.165) is 16.4 Å². The van der Waals surface area contributed by atoms with Crippen LogP contribution in [0.4, 0.5) is 36.3 Å². The predicted molar refractivity (Wildman–Crippen MR) is 118 cm³/mol. The van der Waals surface area contributed by atoms with E-state index >= 15 is 0 Å². The fraction of sp³-hybridized carbons (Fsp3) is 0.182. The average molecular weight is 474 g/mol. The predicted octanol–water partition coefficient (Wildman–Crippen LogP) is 4.26. The normalized spacial score (nSPS) is 11.8. The summed E-state index contributed by atoms with van der Waals surface area (Å²) < 4.78 is 46.8. The first-order valence-electron chi connectivity index (χ1n) is 9.78. The largest absolute Gasteiger partial charge is 0.480 e. The fourth-order valence-electron chi connectivity index (χ4n) is 2.90. The molecule has 2 heterocycles. The number of hydrogen-bond donors (Lipinski definition) is 3. The van der Waals surface area contributed by atoms with E-state index in [9.17, 15) is 23.2 Å². The lowest BCUT2D eigenvalue weighted by molar-refractivity contribution is -0.137. The van der Waals surface area contributed by atoms with Gasteiger partial charge in [-0.15, -0.1) is 0 Å². The number of amides is 1. The van der Waals surface area contributed by atoms with Crippen LogP contribution in [0.5, 0.6) is 5.88 Å². The van der Waals surface area contributed by atoms with Crippen LogP contribution < -0.4 is 20.7 Å². The van der Waals surface area contributed by atoms with Gasteiger partial charge in [0, 0.05) is 12.3 Å². The fourth-order valence-corrected chi connectivity index (χ4v) is 2.90. The third kappa shape index (κ3) is 5.52. The van der Waals surface area contributed by atoms with E-state index in [1.165, 1.54) is 25.4 Å². The summed E-state index contributed by atoms with van der Waals surface area (Å²) in [6.07, 6.45) is -1.78. The van der Waals surface area contributed by atoms with Crippen molar-refractivity contribution < 1.29 is 27.9 Å². The van der Waals surface area contributed by atoms with Crippen LogP contribution in [0.3, 0.4) is 0 Å². The van der Waals surface area contributed by atoms with Gasteiger partial charge in [0.25, 0.3) is 5.95 Å². The number of carbonyl (C=O) groups is 1. The Bertz CT molecular complexity index is 1320. The summed E-state index contributed by atoms with van der Waals surface area (Å²) in [7, 11) is 1.34. The van der Waals surface area contributed by atoms with Gasteiger partial charge in [-0.1, -0.05) is 12.6 Å². The number of benzene rings is 1. The molecule has 0 radical (unpaired) electrons. The van der Waals surface area contributed by atoms with Gasteiger partial charge in [-0.05, 0) is 43.2 Å². The number of hydrogen-bond acceptors (Lipinski definition) is 7. The van der Waals surface area contributed by atoms with E-state index in [-0.39, 0.29) is 28.6 Å². The van der Waals surface area contributed by atoms with Crippen LogP contribution in [-0.4, -0.2) is 32.9 Å². The van der Waals surface area contributed by atoms with Gasteiger partial charge >= 0.3 is 6.18 Å². The molecule has 0 spiro atoms. The highest BCUT2D eigenvalue weighted by molar-refractivity contribution is 6.01. The molecule has 34 heavy (non-hydrogen) atoms. The van der Waals surface area contributed by atoms with Crippen molar-refractivity contribution in [2.24, 2.45) is 4.99 Å². The topological polar surface area (TPSA) is 114 Å². The van der Waals surface area contributed by atoms with Crippen molar-refractivity contribution in [1.29, 1.82) is 0 Å². The van der Waals surface area contributed by atoms with Gasteiger partial charge in [-0.3, -0.25) is 4.79 Å². The second kappa shape index (κ2) is 9.65. The van der Waals surface area contributed by atoms with E-state index < -0.39 is 23.5 Å². The van der Waals surface area contributed by atoms with E-state index in [1.807, 2.05) is 0 Å². The molecule has 0 fully saturated rings. The summed E-state index contributed by atoms with van der Waals surface area (Å²) in [6, 6.07) is 6.15. The minimum Gasteiger partial charge on any atom is -0.480 e. The summed E-state index contributed by atoms with van der Waals surface area (Å²) in [5, 5.41) is 15.2. The minimum atomic E-state index is -4.76. The number of aryl methyl sites for hydroxylation is 2. The van der Waals surface area contributed by atoms with E-state index in [4.69, 9.17) is 4.74 Å². The van der Waals surface area contributed by atoms with Gasteiger partial charge in [0.15, 0.2) is 0 Å². The van der Waals surface area contributed by atoms with Crippen molar-refractivity contribution in [3.8, 4) is 5.88 Å². The molecule has 12 heteroatoms. The van der Waals surface area contributed by atoms with Crippen LogP contribution in [0.25, 0.3) is 0 Å². The van der Waals surface area contributed by atoms with Crippen LogP contribution in [0.2, 0.25) is 0 Å². The third-order valence-corrected chi connectivity index (χ3v) is 4.59. The Hall–Kier alpha value is -4.35. The Morgan fingerprint density at radius 2 is 2.00 bits per heavy atom. The molecule has 0 aliphatic rings. The molecule has 0 saturated carbocycles. The van der Waals surface area contributed by atoms with Crippen molar-refractivity contribution in [3.63, 3.8) is 0 Å². The summed E-state index contributed by atoms with van der Waals surface area (Å²) >= 11 is 0. The highest BCUT2D eigenvalue weighted by Crippen LogP contribution is 2.36. The van der Waals surface area contributed by atoms with Gasteiger partial charge in [-0.2, -0.15) is 22.9 Å². The lowest BCUT2D eigenvalue weighted by Crippen LogP contribution is -2.14. The molecular formula is C22H21F3N6O3. The molecule has 0 bridgehead atoms. The Balaban J connectivity index is 2.12. The average Bonchev–Trinajstić information content (AvgIpc) is 2.76. The summed E-state index contributed by atoms with van der Waals surface area (Å²) in [5.74, 6) is -1.30. The summed E-state index contributed by atoms with van der Waals surface area (Å²) in [4.78, 5) is 23.7. The van der Waals surface area contributed by atoms with Crippen molar-refractivity contribution >= 4 is 29.0 Å². The van der Waals surface area contributed by atoms with Crippen LogP contribution in [0.15, 0.2) is 54.3 Å². The van der Waals surface area contributed by atoms with Gasteiger partial charge in [0.2, 0.25) is 11.8 Å².